The molecule has 98 valence electrons. The van der Waals surface area contributed by atoms with Gasteiger partial charge in [0, 0.05) is 11.6 Å². The van der Waals surface area contributed by atoms with Gasteiger partial charge in [0.1, 0.15) is 11.5 Å². The Hall–Kier alpha value is -1.60. The van der Waals surface area contributed by atoms with Crippen LogP contribution >= 0.6 is 27.3 Å². The Morgan fingerprint density at radius 1 is 1.26 bits per heavy atom. The molecule has 2 aromatic heterocycles. The summed E-state index contributed by atoms with van der Waals surface area (Å²) in [5.74, 6) is 1.48. The van der Waals surface area contributed by atoms with Crippen LogP contribution in [0.4, 0.5) is 0 Å². The lowest BCUT2D eigenvalue weighted by Crippen LogP contribution is -1.90. The molecule has 0 aliphatic rings. The zero-order valence-electron chi connectivity index (χ0n) is 10.3. The molecule has 0 saturated heterocycles. The molecule has 3 aromatic rings. The predicted octanol–water partition coefficient (Wildman–Crippen LogP) is 3.24. The summed E-state index contributed by atoms with van der Waals surface area (Å²) in [6.07, 6.45) is 1.88. The van der Waals surface area contributed by atoms with E-state index in [1.54, 1.807) is 18.7 Å². The molecule has 19 heavy (non-hydrogen) atoms. The third kappa shape index (κ3) is 2.19. The Labute approximate surface area is 121 Å². The molecule has 2 heterocycles. The fourth-order valence-electron chi connectivity index (χ4n) is 1.82. The van der Waals surface area contributed by atoms with Crippen LogP contribution in [0.3, 0.4) is 0 Å². The lowest BCUT2D eigenvalue weighted by atomic mass is 10.1. The molecule has 1 aromatic carbocycles. The van der Waals surface area contributed by atoms with E-state index in [2.05, 4.69) is 26.0 Å². The molecule has 0 spiro atoms. The molecule has 0 fully saturated rings. The molecule has 7 heteroatoms. The summed E-state index contributed by atoms with van der Waals surface area (Å²) < 4.78 is 13.1. The zero-order chi connectivity index (χ0) is 13.4. The van der Waals surface area contributed by atoms with E-state index in [4.69, 9.17) is 9.47 Å². The van der Waals surface area contributed by atoms with Gasteiger partial charge in [-0.3, -0.25) is 0 Å². The second-order valence-corrected chi connectivity index (χ2v) is 6.01. The maximum atomic E-state index is 5.38. The summed E-state index contributed by atoms with van der Waals surface area (Å²) in [6.45, 7) is 0. The van der Waals surface area contributed by atoms with Crippen molar-refractivity contribution >= 4 is 32.2 Å². The van der Waals surface area contributed by atoms with Crippen molar-refractivity contribution in [2.24, 2.45) is 0 Å². The number of aromatic nitrogens is 3. The van der Waals surface area contributed by atoms with Crippen LogP contribution in [0.1, 0.15) is 0 Å². The van der Waals surface area contributed by atoms with Gasteiger partial charge >= 0.3 is 0 Å². The number of hydrogen-bond donors (Lipinski definition) is 0. The topological polar surface area (TPSA) is 48.7 Å². The molecule has 0 atom stereocenters. The number of benzene rings is 1. The van der Waals surface area contributed by atoms with Gasteiger partial charge in [-0.15, -0.1) is 5.10 Å². The lowest BCUT2D eigenvalue weighted by molar-refractivity contribution is 0.395. The summed E-state index contributed by atoms with van der Waals surface area (Å²) >= 11 is 4.82. The number of hydrogen-bond acceptors (Lipinski definition) is 5. The van der Waals surface area contributed by atoms with Gasteiger partial charge in [-0.1, -0.05) is 11.3 Å². The zero-order valence-corrected chi connectivity index (χ0v) is 12.7. The van der Waals surface area contributed by atoms with Crippen molar-refractivity contribution in [2.45, 2.75) is 0 Å². The van der Waals surface area contributed by atoms with Gasteiger partial charge in [0.2, 0.25) is 4.96 Å². The summed E-state index contributed by atoms with van der Waals surface area (Å²) in [5, 5.41) is 4.27. The standard InChI is InChI=1S/C12H10BrN3O2S/c1-17-7-3-4-8(10(5-7)18-2)9-6-16-12(14-9)19-11(13)15-16/h3-6H,1-2H3. The Morgan fingerprint density at radius 3 is 2.79 bits per heavy atom. The Morgan fingerprint density at radius 2 is 2.11 bits per heavy atom. The minimum absolute atomic E-state index is 0.726. The van der Waals surface area contributed by atoms with Gasteiger partial charge in [0.25, 0.3) is 0 Å². The van der Waals surface area contributed by atoms with Crippen LogP contribution in [0.2, 0.25) is 0 Å². The highest BCUT2D eigenvalue weighted by molar-refractivity contribution is 9.11. The lowest BCUT2D eigenvalue weighted by Gasteiger charge is -2.08. The van der Waals surface area contributed by atoms with Crippen molar-refractivity contribution in [1.82, 2.24) is 14.6 Å². The first kappa shape index (κ1) is 12.4. The number of fused-ring (bicyclic) bond motifs is 1. The van der Waals surface area contributed by atoms with Crippen LogP contribution in [0, 0.1) is 0 Å². The van der Waals surface area contributed by atoms with Gasteiger partial charge in [0.15, 0.2) is 3.92 Å². The second kappa shape index (κ2) is 4.82. The fraction of sp³-hybridized carbons (Fsp3) is 0.167. The molecule has 0 aliphatic heterocycles. The van der Waals surface area contributed by atoms with E-state index in [0.29, 0.717) is 0 Å². The first-order valence-electron chi connectivity index (χ1n) is 5.45. The van der Waals surface area contributed by atoms with Gasteiger partial charge in [-0.05, 0) is 28.1 Å². The summed E-state index contributed by atoms with van der Waals surface area (Å²) in [6, 6.07) is 5.65. The van der Waals surface area contributed by atoms with Crippen LogP contribution in [0.25, 0.3) is 16.2 Å². The minimum atomic E-state index is 0.726. The molecule has 0 unspecified atom stereocenters. The van der Waals surface area contributed by atoms with E-state index in [-0.39, 0.29) is 0 Å². The van der Waals surface area contributed by atoms with Crippen molar-refractivity contribution in [3.8, 4) is 22.8 Å². The molecular weight excluding hydrogens is 330 g/mol. The Kier molecular flexibility index (Phi) is 3.16. The van der Waals surface area contributed by atoms with Gasteiger partial charge in [-0.2, -0.15) is 0 Å². The number of rotatable bonds is 3. The van der Waals surface area contributed by atoms with E-state index < -0.39 is 0 Å². The number of imidazole rings is 1. The molecule has 0 aliphatic carbocycles. The van der Waals surface area contributed by atoms with E-state index in [1.807, 2.05) is 24.4 Å². The highest BCUT2D eigenvalue weighted by Crippen LogP contribution is 2.33. The van der Waals surface area contributed by atoms with Gasteiger partial charge in [-0.25, -0.2) is 9.50 Å². The number of halogens is 1. The smallest absolute Gasteiger partial charge is 0.213 e. The Balaban J connectivity index is 2.11. The molecular formula is C12H10BrN3O2S. The number of ether oxygens (including phenoxy) is 2. The normalized spacial score (nSPS) is 10.9. The monoisotopic (exact) mass is 339 g/mol. The molecule has 0 radical (unpaired) electrons. The van der Waals surface area contributed by atoms with Crippen molar-refractivity contribution in [3.05, 3.63) is 28.3 Å². The molecule has 5 nitrogen and oxygen atoms in total. The average molecular weight is 340 g/mol. The number of methoxy groups -OCH3 is 2. The van der Waals surface area contributed by atoms with Crippen LogP contribution in [-0.2, 0) is 0 Å². The molecule has 0 bridgehead atoms. The highest BCUT2D eigenvalue weighted by atomic mass is 79.9. The summed E-state index contributed by atoms with van der Waals surface area (Å²) in [7, 11) is 3.26. The SMILES string of the molecule is COc1ccc(-c2cn3nc(Br)sc3n2)c(OC)c1. The van der Waals surface area contributed by atoms with Crippen molar-refractivity contribution in [2.75, 3.05) is 14.2 Å². The third-order valence-corrected chi connectivity index (χ3v) is 4.06. The van der Waals surface area contributed by atoms with Gasteiger partial charge in [0.05, 0.1) is 26.1 Å². The van der Waals surface area contributed by atoms with E-state index in [0.717, 1.165) is 31.6 Å². The quantitative estimate of drug-likeness (QED) is 0.734. The van der Waals surface area contributed by atoms with Gasteiger partial charge < -0.3 is 9.47 Å². The summed E-state index contributed by atoms with van der Waals surface area (Å²) in [5.41, 5.74) is 1.74. The fourth-order valence-corrected chi connectivity index (χ4v) is 3.03. The highest BCUT2D eigenvalue weighted by Gasteiger charge is 2.13. The third-order valence-electron chi connectivity index (χ3n) is 2.70. The van der Waals surface area contributed by atoms with E-state index >= 15 is 0 Å². The number of nitrogens with zero attached hydrogens (tertiary/aromatic N) is 3. The van der Waals surface area contributed by atoms with Crippen molar-refractivity contribution < 1.29 is 9.47 Å². The van der Waals surface area contributed by atoms with Crippen LogP contribution < -0.4 is 9.47 Å². The maximum absolute atomic E-state index is 5.38. The molecule has 0 amide bonds. The van der Waals surface area contributed by atoms with Crippen LogP contribution in [-0.4, -0.2) is 28.8 Å². The van der Waals surface area contributed by atoms with Crippen molar-refractivity contribution in [1.29, 1.82) is 0 Å². The molecule has 0 saturated carbocycles. The van der Waals surface area contributed by atoms with E-state index in [9.17, 15) is 0 Å². The Bertz CT molecular complexity index is 706. The first-order chi connectivity index (χ1) is 9.21. The maximum Gasteiger partial charge on any atom is 0.213 e. The predicted molar refractivity (Wildman–Crippen MR) is 77.1 cm³/mol. The van der Waals surface area contributed by atoms with E-state index in [1.165, 1.54) is 11.3 Å². The molecule has 0 N–H and O–H groups in total. The van der Waals surface area contributed by atoms with Crippen LogP contribution in [0.15, 0.2) is 28.3 Å². The first-order valence-corrected chi connectivity index (χ1v) is 7.06. The van der Waals surface area contributed by atoms with Crippen molar-refractivity contribution in [3.63, 3.8) is 0 Å². The minimum Gasteiger partial charge on any atom is -0.497 e. The molecule has 3 rings (SSSR count). The summed E-state index contributed by atoms with van der Waals surface area (Å²) in [4.78, 5) is 5.37. The van der Waals surface area contributed by atoms with Crippen LogP contribution in [0.5, 0.6) is 11.5 Å². The second-order valence-electron chi connectivity index (χ2n) is 3.77. The average Bonchev–Trinajstić information content (AvgIpc) is 2.94. The largest absolute Gasteiger partial charge is 0.497 e.